The van der Waals surface area contributed by atoms with E-state index in [4.69, 9.17) is 5.73 Å². The molecule has 2 fully saturated rings. The molecule has 1 atom stereocenters. The normalized spacial score (nSPS) is 24.5. The van der Waals surface area contributed by atoms with Crippen LogP contribution in [-0.2, 0) is 0 Å². The van der Waals surface area contributed by atoms with Gasteiger partial charge >= 0.3 is 0 Å². The zero-order valence-electron chi connectivity index (χ0n) is 12.4. The van der Waals surface area contributed by atoms with Crippen LogP contribution < -0.4 is 16.0 Å². The van der Waals surface area contributed by atoms with E-state index in [0.29, 0.717) is 23.2 Å². The van der Waals surface area contributed by atoms with Crippen molar-refractivity contribution >= 4 is 17.8 Å². The van der Waals surface area contributed by atoms with Gasteiger partial charge in [0.05, 0.1) is 0 Å². The Morgan fingerprint density at radius 2 is 1.90 bits per heavy atom. The van der Waals surface area contributed by atoms with E-state index in [2.05, 4.69) is 39.0 Å². The second-order valence-electron chi connectivity index (χ2n) is 6.64. The van der Waals surface area contributed by atoms with Crippen molar-refractivity contribution in [2.75, 3.05) is 35.6 Å². The van der Waals surface area contributed by atoms with E-state index in [1.54, 1.807) is 0 Å². The third-order valence-electron chi connectivity index (χ3n) is 4.50. The van der Waals surface area contributed by atoms with Crippen LogP contribution >= 0.6 is 0 Å². The third kappa shape index (κ3) is 2.94. The Morgan fingerprint density at radius 1 is 1.20 bits per heavy atom. The number of rotatable bonds is 4. The highest BCUT2D eigenvalue weighted by Gasteiger charge is 2.45. The van der Waals surface area contributed by atoms with Crippen LogP contribution in [-0.4, -0.2) is 34.6 Å². The molecule has 3 N–H and O–H groups in total. The molecular weight excluding hydrogens is 252 g/mol. The second-order valence-corrected chi connectivity index (χ2v) is 6.64. The summed E-state index contributed by atoms with van der Waals surface area (Å²) in [7, 11) is 0. The topological polar surface area (TPSA) is 80.0 Å². The first-order valence-corrected chi connectivity index (χ1v) is 7.55. The van der Waals surface area contributed by atoms with Crippen molar-refractivity contribution in [2.45, 2.75) is 39.5 Å². The van der Waals surface area contributed by atoms with Gasteiger partial charge in [0.2, 0.25) is 17.8 Å². The average Bonchev–Trinajstić information content (AvgIpc) is 3.04. The lowest BCUT2D eigenvalue weighted by Crippen LogP contribution is -2.31. The highest BCUT2D eigenvalue weighted by atomic mass is 15.3. The fourth-order valence-corrected chi connectivity index (χ4v) is 2.83. The van der Waals surface area contributed by atoms with Crippen LogP contribution in [0.5, 0.6) is 0 Å². The molecule has 2 heterocycles. The van der Waals surface area contributed by atoms with Crippen molar-refractivity contribution in [1.29, 1.82) is 0 Å². The number of aromatic nitrogens is 3. The molecule has 3 rings (SSSR count). The third-order valence-corrected chi connectivity index (χ3v) is 4.50. The summed E-state index contributed by atoms with van der Waals surface area (Å²) in [4.78, 5) is 15.2. The van der Waals surface area contributed by atoms with Gasteiger partial charge in [-0.25, -0.2) is 0 Å². The smallest absolute Gasteiger partial charge is 0.231 e. The first-order valence-electron chi connectivity index (χ1n) is 7.55. The summed E-state index contributed by atoms with van der Waals surface area (Å²) in [6.45, 7) is 7.52. The molecule has 110 valence electrons. The van der Waals surface area contributed by atoms with Crippen molar-refractivity contribution in [2.24, 2.45) is 11.3 Å². The first-order chi connectivity index (χ1) is 9.54. The highest BCUT2D eigenvalue weighted by molar-refractivity contribution is 5.42. The minimum absolute atomic E-state index is 0.304. The van der Waals surface area contributed by atoms with E-state index >= 15 is 0 Å². The van der Waals surface area contributed by atoms with Crippen molar-refractivity contribution in [3.63, 3.8) is 0 Å². The number of nitrogens with one attached hydrogen (secondary N) is 1. The van der Waals surface area contributed by atoms with Gasteiger partial charge in [0.25, 0.3) is 0 Å². The van der Waals surface area contributed by atoms with Crippen LogP contribution in [0.15, 0.2) is 0 Å². The Labute approximate surface area is 120 Å². The minimum Gasteiger partial charge on any atom is -0.368 e. The van der Waals surface area contributed by atoms with Gasteiger partial charge in [-0.05, 0) is 37.0 Å². The molecule has 1 saturated heterocycles. The number of nitrogen functional groups attached to an aromatic ring is 1. The lowest BCUT2D eigenvalue weighted by molar-refractivity contribution is 0.566. The molecule has 0 spiro atoms. The Morgan fingerprint density at radius 3 is 2.55 bits per heavy atom. The number of anilines is 3. The summed E-state index contributed by atoms with van der Waals surface area (Å²) in [5.74, 6) is 2.34. The Kier molecular flexibility index (Phi) is 3.40. The summed E-state index contributed by atoms with van der Waals surface area (Å²) < 4.78 is 0. The van der Waals surface area contributed by atoms with Crippen LogP contribution in [0.2, 0.25) is 0 Å². The molecule has 1 unspecified atom stereocenters. The summed E-state index contributed by atoms with van der Waals surface area (Å²) in [6, 6.07) is 0. The van der Waals surface area contributed by atoms with Gasteiger partial charge in [0.1, 0.15) is 0 Å². The van der Waals surface area contributed by atoms with Crippen LogP contribution in [0.3, 0.4) is 0 Å². The van der Waals surface area contributed by atoms with Gasteiger partial charge in [0.15, 0.2) is 0 Å². The molecule has 0 aromatic carbocycles. The van der Waals surface area contributed by atoms with Gasteiger partial charge < -0.3 is 16.0 Å². The molecule has 0 amide bonds. The minimum atomic E-state index is 0.304. The maximum absolute atomic E-state index is 5.81. The van der Waals surface area contributed by atoms with Gasteiger partial charge in [-0.15, -0.1) is 0 Å². The molecule has 1 saturated carbocycles. The van der Waals surface area contributed by atoms with Crippen molar-refractivity contribution in [3.8, 4) is 0 Å². The standard InChI is InChI=1S/C14H24N6/c1-14(2)8-10(14)9-16-12-17-11(15)18-13(19-12)20-6-4-3-5-7-20/h10H,3-9H2,1-2H3,(H3,15,16,17,18,19). The van der Waals surface area contributed by atoms with Gasteiger partial charge in [-0.2, -0.15) is 15.0 Å². The maximum atomic E-state index is 5.81. The number of nitrogens with two attached hydrogens (primary N) is 1. The molecular formula is C14H24N6. The molecule has 6 nitrogen and oxygen atoms in total. The van der Waals surface area contributed by atoms with Crippen molar-refractivity contribution in [3.05, 3.63) is 0 Å². The van der Waals surface area contributed by atoms with Crippen molar-refractivity contribution in [1.82, 2.24) is 15.0 Å². The molecule has 1 aromatic rings. The first kappa shape index (κ1) is 13.4. The second kappa shape index (κ2) is 5.07. The van der Waals surface area contributed by atoms with E-state index < -0.39 is 0 Å². The van der Waals surface area contributed by atoms with Crippen molar-refractivity contribution < 1.29 is 0 Å². The van der Waals surface area contributed by atoms with Crippen LogP contribution in [0, 0.1) is 11.3 Å². The van der Waals surface area contributed by atoms with Gasteiger partial charge in [-0.1, -0.05) is 13.8 Å². The number of piperidine rings is 1. The van der Waals surface area contributed by atoms with Gasteiger partial charge in [0, 0.05) is 19.6 Å². The molecule has 2 aliphatic rings. The van der Waals surface area contributed by atoms with Crippen LogP contribution in [0.4, 0.5) is 17.8 Å². The summed E-state index contributed by atoms with van der Waals surface area (Å²) in [6.07, 6.45) is 4.95. The summed E-state index contributed by atoms with van der Waals surface area (Å²) in [5.41, 5.74) is 6.27. The fraction of sp³-hybridized carbons (Fsp3) is 0.786. The molecule has 1 aromatic heterocycles. The fourth-order valence-electron chi connectivity index (χ4n) is 2.83. The largest absolute Gasteiger partial charge is 0.368 e. The molecule has 0 bridgehead atoms. The highest BCUT2D eigenvalue weighted by Crippen LogP contribution is 2.51. The monoisotopic (exact) mass is 276 g/mol. The average molecular weight is 276 g/mol. The van der Waals surface area contributed by atoms with E-state index in [1.165, 1.54) is 25.7 Å². The van der Waals surface area contributed by atoms with E-state index in [-0.39, 0.29) is 0 Å². The predicted octanol–water partition coefficient (Wildman–Crippen LogP) is 1.90. The Hall–Kier alpha value is -1.59. The number of hydrogen-bond acceptors (Lipinski definition) is 6. The molecule has 20 heavy (non-hydrogen) atoms. The predicted molar refractivity (Wildman–Crippen MR) is 80.7 cm³/mol. The van der Waals surface area contributed by atoms with Crippen LogP contribution in [0.1, 0.15) is 39.5 Å². The zero-order valence-corrected chi connectivity index (χ0v) is 12.4. The molecule has 0 radical (unpaired) electrons. The van der Waals surface area contributed by atoms with Crippen LogP contribution in [0.25, 0.3) is 0 Å². The maximum Gasteiger partial charge on any atom is 0.231 e. The lowest BCUT2D eigenvalue weighted by Gasteiger charge is -2.26. The Bertz CT molecular complexity index is 481. The Balaban J connectivity index is 1.66. The number of nitrogens with zero attached hydrogens (tertiary/aromatic N) is 4. The lowest BCUT2D eigenvalue weighted by atomic mass is 10.1. The molecule has 6 heteroatoms. The molecule has 1 aliphatic heterocycles. The molecule has 1 aliphatic carbocycles. The summed E-state index contributed by atoms with van der Waals surface area (Å²) >= 11 is 0. The van der Waals surface area contributed by atoms with Gasteiger partial charge in [-0.3, -0.25) is 0 Å². The number of hydrogen-bond donors (Lipinski definition) is 2. The quantitative estimate of drug-likeness (QED) is 0.874. The van der Waals surface area contributed by atoms with E-state index in [0.717, 1.165) is 25.6 Å². The SMILES string of the molecule is CC1(C)CC1CNc1nc(N)nc(N2CCCCC2)n1. The zero-order chi connectivity index (χ0) is 14.2. The van der Waals surface area contributed by atoms with E-state index in [1.807, 2.05) is 0 Å². The summed E-state index contributed by atoms with van der Waals surface area (Å²) in [5, 5.41) is 3.31. The van der Waals surface area contributed by atoms with E-state index in [9.17, 15) is 0 Å².